The molecule has 1 amide bonds. The molecular formula is C26H35N3O2. The molecule has 31 heavy (non-hydrogen) atoms. The number of aliphatic hydroxyl groups excluding tert-OH is 1. The Bertz CT molecular complexity index is 840. The van der Waals surface area contributed by atoms with Gasteiger partial charge in [-0.25, -0.2) is 0 Å². The van der Waals surface area contributed by atoms with Gasteiger partial charge in [-0.15, -0.1) is 0 Å². The van der Waals surface area contributed by atoms with Crippen molar-refractivity contribution in [2.75, 3.05) is 31.6 Å². The van der Waals surface area contributed by atoms with Crippen molar-refractivity contribution in [1.29, 1.82) is 0 Å². The predicted molar refractivity (Wildman–Crippen MR) is 125 cm³/mol. The smallest absolute Gasteiger partial charge is 0.254 e. The van der Waals surface area contributed by atoms with Crippen LogP contribution in [0.2, 0.25) is 0 Å². The summed E-state index contributed by atoms with van der Waals surface area (Å²) < 4.78 is 0. The Kier molecular flexibility index (Phi) is 7.60. The summed E-state index contributed by atoms with van der Waals surface area (Å²) in [7, 11) is 0. The van der Waals surface area contributed by atoms with Gasteiger partial charge in [0.1, 0.15) is 0 Å². The zero-order valence-corrected chi connectivity index (χ0v) is 18.4. The van der Waals surface area contributed by atoms with Gasteiger partial charge in [-0.2, -0.15) is 0 Å². The highest BCUT2D eigenvalue weighted by Crippen LogP contribution is 2.24. The lowest BCUT2D eigenvalue weighted by Gasteiger charge is -2.36. The van der Waals surface area contributed by atoms with Crippen molar-refractivity contribution < 1.29 is 9.90 Å². The Morgan fingerprint density at radius 3 is 2.71 bits per heavy atom. The molecule has 4 rings (SSSR count). The Labute approximate surface area is 186 Å². The summed E-state index contributed by atoms with van der Waals surface area (Å²) in [5, 5.41) is 13.1. The van der Waals surface area contributed by atoms with Gasteiger partial charge in [0.25, 0.3) is 5.91 Å². The van der Waals surface area contributed by atoms with Crippen molar-refractivity contribution in [3.63, 3.8) is 0 Å². The molecule has 2 unspecified atom stereocenters. The number of benzene rings is 2. The number of carbonyl (C=O) groups is 1. The zero-order chi connectivity index (χ0) is 21.5. The number of anilines is 1. The summed E-state index contributed by atoms with van der Waals surface area (Å²) in [5.41, 5.74) is 3.12. The molecule has 5 heteroatoms. The fourth-order valence-corrected chi connectivity index (χ4v) is 5.02. The number of aliphatic hydroxyl groups is 1. The standard InChI is InChI=1S/C26H35N3O2/c30-17-14-25-13-4-5-16-29(25)26(31)22-10-6-11-23(18-22)27-24-12-7-15-28(20-24)19-21-8-2-1-3-9-21/h1-3,6,8-11,18,24-25,27,30H,4-5,7,12-17,19-20H2. The van der Waals surface area contributed by atoms with Crippen molar-refractivity contribution in [2.24, 2.45) is 0 Å². The van der Waals surface area contributed by atoms with E-state index in [4.69, 9.17) is 0 Å². The molecule has 2 atom stereocenters. The second kappa shape index (κ2) is 10.8. The number of piperidine rings is 2. The van der Waals surface area contributed by atoms with Crippen LogP contribution in [0.1, 0.15) is 54.4 Å². The lowest BCUT2D eigenvalue weighted by Crippen LogP contribution is -2.44. The van der Waals surface area contributed by atoms with Crippen LogP contribution in [0.4, 0.5) is 5.69 Å². The fourth-order valence-electron chi connectivity index (χ4n) is 5.02. The van der Waals surface area contributed by atoms with E-state index in [-0.39, 0.29) is 18.6 Å². The van der Waals surface area contributed by atoms with Crippen LogP contribution < -0.4 is 5.32 Å². The quantitative estimate of drug-likeness (QED) is 0.706. The summed E-state index contributed by atoms with van der Waals surface area (Å²) in [5.74, 6) is 0.0937. The number of carbonyl (C=O) groups excluding carboxylic acids is 1. The third-order valence-electron chi connectivity index (χ3n) is 6.59. The molecule has 2 fully saturated rings. The predicted octanol–water partition coefficient (Wildman–Crippen LogP) is 4.14. The maximum Gasteiger partial charge on any atom is 0.254 e. The van der Waals surface area contributed by atoms with Crippen molar-refractivity contribution in [3.8, 4) is 0 Å². The molecule has 2 aromatic rings. The number of nitrogens with zero attached hydrogens (tertiary/aromatic N) is 2. The Morgan fingerprint density at radius 2 is 1.87 bits per heavy atom. The van der Waals surface area contributed by atoms with Crippen molar-refractivity contribution >= 4 is 11.6 Å². The first kappa shape index (κ1) is 21.8. The van der Waals surface area contributed by atoms with E-state index in [2.05, 4.69) is 46.6 Å². The number of likely N-dealkylation sites (tertiary alicyclic amines) is 2. The maximum absolute atomic E-state index is 13.2. The number of hydrogen-bond donors (Lipinski definition) is 2. The van der Waals surface area contributed by atoms with Crippen LogP contribution in [-0.2, 0) is 6.54 Å². The third kappa shape index (κ3) is 5.86. The lowest BCUT2D eigenvalue weighted by atomic mass is 9.98. The highest BCUT2D eigenvalue weighted by atomic mass is 16.3. The average Bonchev–Trinajstić information content (AvgIpc) is 2.80. The van der Waals surface area contributed by atoms with Gasteiger partial charge in [0.05, 0.1) is 0 Å². The number of amides is 1. The van der Waals surface area contributed by atoms with Gasteiger partial charge in [0.2, 0.25) is 0 Å². The van der Waals surface area contributed by atoms with Crippen LogP contribution in [0, 0.1) is 0 Å². The minimum atomic E-state index is 0.0937. The first-order valence-corrected chi connectivity index (χ1v) is 11.8. The summed E-state index contributed by atoms with van der Waals surface area (Å²) >= 11 is 0. The second-order valence-electron chi connectivity index (χ2n) is 8.95. The van der Waals surface area contributed by atoms with E-state index >= 15 is 0 Å². The molecule has 5 nitrogen and oxygen atoms in total. The molecule has 2 heterocycles. The van der Waals surface area contributed by atoms with E-state index in [9.17, 15) is 9.90 Å². The monoisotopic (exact) mass is 421 g/mol. The average molecular weight is 422 g/mol. The van der Waals surface area contributed by atoms with E-state index in [0.717, 1.165) is 63.1 Å². The van der Waals surface area contributed by atoms with E-state index in [1.54, 1.807) is 0 Å². The van der Waals surface area contributed by atoms with Gasteiger partial charge in [-0.3, -0.25) is 9.69 Å². The third-order valence-corrected chi connectivity index (χ3v) is 6.59. The zero-order valence-electron chi connectivity index (χ0n) is 18.4. The SMILES string of the molecule is O=C(c1cccc(NC2CCCN(Cc3ccccc3)C2)c1)N1CCCCC1CCO. The van der Waals surface area contributed by atoms with Gasteiger partial charge in [-0.1, -0.05) is 36.4 Å². The number of nitrogens with one attached hydrogen (secondary N) is 1. The molecule has 2 saturated heterocycles. The maximum atomic E-state index is 13.2. The lowest BCUT2D eigenvalue weighted by molar-refractivity contribution is 0.0574. The molecule has 2 aromatic carbocycles. The van der Waals surface area contributed by atoms with Crippen LogP contribution in [0.15, 0.2) is 54.6 Å². The Balaban J connectivity index is 1.38. The molecule has 2 aliphatic rings. The van der Waals surface area contributed by atoms with Gasteiger partial charge < -0.3 is 15.3 Å². The fraction of sp³-hybridized carbons (Fsp3) is 0.500. The molecule has 0 spiro atoms. The van der Waals surface area contributed by atoms with Gasteiger partial charge >= 0.3 is 0 Å². The van der Waals surface area contributed by atoms with Crippen molar-refractivity contribution in [3.05, 3.63) is 65.7 Å². The molecule has 0 aliphatic carbocycles. The molecule has 0 aromatic heterocycles. The van der Waals surface area contributed by atoms with Crippen molar-refractivity contribution in [1.82, 2.24) is 9.80 Å². The summed E-state index contributed by atoms with van der Waals surface area (Å²) in [6.07, 6.45) is 6.17. The first-order chi connectivity index (χ1) is 15.2. The van der Waals surface area contributed by atoms with Gasteiger partial charge in [0, 0.05) is 49.6 Å². The topological polar surface area (TPSA) is 55.8 Å². The van der Waals surface area contributed by atoms with E-state index in [0.29, 0.717) is 12.5 Å². The number of hydrogen-bond acceptors (Lipinski definition) is 4. The molecule has 0 saturated carbocycles. The Hall–Kier alpha value is -2.37. The van der Waals surface area contributed by atoms with E-state index < -0.39 is 0 Å². The largest absolute Gasteiger partial charge is 0.396 e. The highest BCUT2D eigenvalue weighted by molar-refractivity contribution is 5.95. The molecule has 2 aliphatic heterocycles. The van der Waals surface area contributed by atoms with Crippen LogP contribution >= 0.6 is 0 Å². The summed E-state index contributed by atoms with van der Waals surface area (Å²) in [6.45, 7) is 4.05. The number of rotatable bonds is 7. The normalized spacial score (nSPS) is 22.3. The van der Waals surface area contributed by atoms with E-state index in [1.165, 1.54) is 12.0 Å². The minimum Gasteiger partial charge on any atom is -0.396 e. The van der Waals surface area contributed by atoms with Crippen LogP contribution in [0.3, 0.4) is 0 Å². The first-order valence-electron chi connectivity index (χ1n) is 11.8. The molecular weight excluding hydrogens is 386 g/mol. The molecule has 0 bridgehead atoms. The second-order valence-corrected chi connectivity index (χ2v) is 8.95. The highest BCUT2D eigenvalue weighted by Gasteiger charge is 2.27. The Morgan fingerprint density at radius 1 is 1.00 bits per heavy atom. The summed E-state index contributed by atoms with van der Waals surface area (Å²) in [4.78, 5) is 17.7. The molecule has 0 radical (unpaired) electrons. The van der Waals surface area contributed by atoms with E-state index in [1.807, 2.05) is 23.1 Å². The van der Waals surface area contributed by atoms with Crippen molar-refractivity contribution in [2.45, 2.75) is 57.2 Å². The van der Waals surface area contributed by atoms with Gasteiger partial charge in [0.15, 0.2) is 0 Å². The molecule has 2 N–H and O–H groups in total. The molecule has 166 valence electrons. The summed E-state index contributed by atoms with van der Waals surface area (Å²) in [6, 6.07) is 19.2. The van der Waals surface area contributed by atoms with Crippen LogP contribution in [-0.4, -0.2) is 59.1 Å². The van der Waals surface area contributed by atoms with Crippen LogP contribution in [0.5, 0.6) is 0 Å². The van der Waals surface area contributed by atoms with Gasteiger partial charge in [-0.05, 0) is 68.8 Å². The van der Waals surface area contributed by atoms with Crippen LogP contribution in [0.25, 0.3) is 0 Å². The minimum absolute atomic E-state index is 0.0937.